The van der Waals surface area contributed by atoms with E-state index in [9.17, 15) is 8.42 Å². The normalized spacial score (nSPS) is 22.3. The van der Waals surface area contributed by atoms with Gasteiger partial charge in [0.05, 0.1) is 17.5 Å². The SMILES string of the molecule is Nc1ncn(C2CCS(=O)(=O)CC2)n1. The van der Waals surface area contributed by atoms with Gasteiger partial charge in [-0.25, -0.2) is 18.1 Å². The van der Waals surface area contributed by atoms with E-state index in [2.05, 4.69) is 10.1 Å². The number of nitrogen functional groups attached to an aromatic ring is 1. The Morgan fingerprint density at radius 1 is 1.43 bits per heavy atom. The van der Waals surface area contributed by atoms with Crippen LogP contribution in [-0.2, 0) is 9.84 Å². The van der Waals surface area contributed by atoms with Gasteiger partial charge in [-0.3, -0.25) is 0 Å². The van der Waals surface area contributed by atoms with Crippen LogP contribution in [0, 0.1) is 0 Å². The second kappa shape index (κ2) is 3.23. The van der Waals surface area contributed by atoms with Gasteiger partial charge < -0.3 is 5.73 Å². The fraction of sp³-hybridized carbons (Fsp3) is 0.714. The first-order chi connectivity index (χ1) is 6.57. The minimum atomic E-state index is -2.81. The zero-order valence-electron chi connectivity index (χ0n) is 7.63. The fourth-order valence-corrected chi connectivity index (χ4v) is 3.07. The highest BCUT2D eigenvalue weighted by molar-refractivity contribution is 7.91. The average Bonchev–Trinajstić information content (AvgIpc) is 2.52. The lowest BCUT2D eigenvalue weighted by molar-refractivity contribution is 0.413. The van der Waals surface area contributed by atoms with Crippen LogP contribution in [0.1, 0.15) is 18.9 Å². The fourth-order valence-electron chi connectivity index (χ4n) is 1.61. The molecule has 1 fully saturated rings. The van der Waals surface area contributed by atoms with E-state index in [1.165, 1.54) is 0 Å². The molecule has 0 amide bonds. The Labute approximate surface area is 82.0 Å². The summed E-state index contributed by atoms with van der Waals surface area (Å²) >= 11 is 0. The number of sulfone groups is 1. The lowest BCUT2D eigenvalue weighted by Crippen LogP contribution is -2.25. The summed E-state index contributed by atoms with van der Waals surface area (Å²) in [6, 6.07) is 0.128. The lowest BCUT2D eigenvalue weighted by Gasteiger charge is -2.21. The summed E-state index contributed by atoms with van der Waals surface area (Å²) in [5.74, 6) is 0.702. The van der Waals surface area contributed by atoms with Crippen LogP contribution < -0.4 is 5.73 Å². The molecule has 0 bridgehead atoms. The van der Waals surface area contributed by atoms with Gasteiger partial charge in [0, 0.05) is 0 Å². The highest BCUT2D eigenvalue weighted by Crippen LogP contribution is 2.22. The molecule has 0 aliphatic carbocycles. The van der Waals surface area contributed by atoms with Crippen molar-refractivity contribution in [3.63, 3.8) is 0 Å². The van der Waals surface area contributed by atoms with Gasteiger partial charge in [0.15, 0.2) is 0 Å². The van der Waals surface area contributed by atoms with Crippen molar-refractivity contribution in [1.29, 1.82) is 0 Å². The Morgan fingerprint density at radius 3 is 2.57 bits per heavy atom. The molecule has 1 aliphatic heterocycles. The van der Waals surface area contributed by atoms with Gasteiger partial charge in [-0.15, -0.1) is 5.10 Å². The van der Waals surface area contributed by atoms with Gasteiger partial charge in [-0.05, 0) is 12.8 Å². The van der Waals surface area contributed by atoms with Crippen molar-refractivity contribution in [2.45, 2.75) is 18.9 Å². The molecule has 7 heteroatoms. The molecule has 0 spiro atoms. The summed E-state index contributed by atoms with van der Waals surface area (Å²) in [5, 5.41) is 3.97. The van der Waals surface area contributed by atoms with E-state index in [1.54, 1.807) is 11.0 Å². The Bertz CT molecular complexity index is 411. The van der Waals surface area contributed by atoms with Gasteiger partial charge in [0.1, 0.15) is 16.2 Å². The number of anilines is 1. The van der Waals surface area contributed by atoms with Gasteiger partial charge in [-0.1, -0.05) is 0 Å². The van der Waals surface area contributed by atoms with Crippen molar-refractivity contribution in [2.75, 3.05) is 17.2 Å². The second-order valence-corrected chi connectivity index (χ2v) is 5.77. The second-order valence-electron chi connectivity index (χ2n) is 3.47. The van der Waals surface area contributed by atoms with Crippen LogP contribution in [0.5, 0.6) is 0 Å². The quantitative estimate of drug-likeness (QED) is 0.690. The van der Waals surface area contributed by atoms with Crippen LogP contribution in [-0.4, -0.2) is 34.7 Å². The maximum absolute atomic E-state index is 11.2. The monoisotopic (exact) mass is 216 g/mol. The molecule has 0 unspecified atom stereocenters. The Balaban J connectivity index is 2.09. The Hall–Kier alpha value is -1.11. The predicted molar refractivity (Wildman–Crippen MR) is 51.4 cm³/mol. The molecule has 2 heterocycles. The molecule has 1 aromatic heterocycles. The van der Waals surface area contributed by atoms with Gasteiger partial charge in [-0.2, -0.15) is 0 Å². The molecule has 1 aromatic rings. The molecule has 14 heavy (non-hydrogen) atoms. The zero-order valence-corrected chi connectivity index (χ0v) is 8.44. The third kappa shape index (κ3) is 1.87. The molecule has 0 radical (unpaired) electrons. The molecular weight excluding hydrogens is 204 g/mol. The van der Waals surface area contributed by atoms with Crippen molar-refractivity contribution >= 4 is 15.8 Å². The highest BCUT2D eigenvalue weighted by atomic mass is 32.2. The van der Waals surface area contributed by atoms with E-state index in [4.69, 9.17) is 5.73 Å². The van der Waals surface area contributed by atoms with E-state index >= 15 is 0 Å². The highest BCUT2D eigenvalue weighted by Gasteiger charge is 2.25. The Kier molecular flexibility index (Phi) is 2.18. The number of aromatic nitrogens is 3. The number of rotatable bonds is 1. The van der Waals surface area contributed by atoms with Crippen LogP contribution >= 0.6 is 0 Å². The van der Waals surface area contributed by atoms with E-state index in [0.717, 1.165) is 0 Å². The largest absolute Gasteiger partial charge is 0.367 e. The lowest BCUT2D eigenvalue weighted by atomic mass is 10.2. The summed E-state index contributed by atoms with van der Waals surface area (Å²) in [5.41, 5.74) is 5.38. The maximum atomic E-state index is 11.2. The van der Waals surface area contributed by atoms with Crippen molar-refractivity contribution in [3.8, 4) is 0 Å². The first-order valence-corrected chi connectivity index (χ1v) is 6.26. The zero-order chi connectivity index (χ0) is 10.2. The summed E-state index contributed by atoms with van der Waals surface area (Å²) in [4.78, 5) is 3.81. The summed E-state index contributed by atoms with van der Waals surface area (Å²) in [6.07, 6.45) is 2.76. The summed E-state index contributed by atoms with van der Waals surface area (Å²) in [7, 11) is -2.81. The van der Waals surface area contributed by atoms with Gasteiger partial charge >= 0.3 is 0 Å². The van der Waals surface area contributed by atoms with Crippen LogP contribution in [0.3, 0.4) is 0 Å². The minimum Gasteiger partial charge on any atom is -0.367 e. The molecule has 2 rings (SSSR count). The molecular formula is C7H12N4O2S. The number of nitrogens with two attached hydrogens (primary N) is 1. The van der Waals surface area contributed by atoms with Crippen molar-refractivity contribution in [1.82, 2.24) is 14.8 Å². The number of hydrogen-bond donors (Lipinski definition) is 1. The molecule has 1 saturated heterocycles. The molecule has 0 aromatic carbocycles. The summed E-state index contributed by atoms with van der Waals surface area (Å²) < 4.78 is 24.0. The third-order valence-corrected chi connectivity index (χ3v) is 4.14. The average molecular weight is 216 g/mol. The topological polar surface area (TPSA) is 90.9 Å². The van der Waals surface area contributed by atoms with Crippen LogP contribution in [0.25, 0.3) is 0 Å². The third-order valence-electron chi connectivity index (χ3n) is 2.42. The van der Waals surface area contributed by atoms with Gasteiger partial charge in [0.25, 0.3) is 0 Å². The molecule has 2 N–H and O–H groups in total. The van der Waals surface area contributed by atoms with Crippen LogP contribution in [0.4, 0.5) is 5.95 Å². The van der Waals surface area contributed by atoms with Crippen molar-refractivity contribution < 1.29 is 8.42 Å². The summed E-state index contributed by atoms with van der Waals surface area (Å²) in [6.45, 7) is 0. The predicted octanol–water partition coefficient (Wildman–Crippen LogP) is -0.390. The van der Waals surface area contributed by atoms with E-state index in [0.29, 0.717) is 12.8 Å². The van der Waals surface area contributed by atoms with Crippen LogP contribution in [0.2, 0.25) is 0 Å². The molecule has 1 aliphatic rings. The van der Waals surface area contributed by atoms with E-state index in [1.807, 2.05) is 0 Å². The maximum Gasteiger partial charge on any atom is 0.239 e. The molecule has 0 saturated carbocycles. The molecule has 0 atom stereocenters. The van der Waals surface area contributed by atoms with E-state index in [-0.39, 0.29) is 23.5 Å². The Morgan fingerprint density at radius 2 is 2.07 bits per heavy atom. The number of nitrogens with zero attached hydrogens (tertiary/aromatic N) is 3. The molecule has 6 nitrogen and oxygen atoms in total. The first-order valence-electron chi connectivity index (χ1n) is 4.44. The minimum absolute atomic E-state index is 0.128. The smallest absolute Gasteiger partial charge is 0.239 e. The number of hydrogen-bond acceptors (Lipinski definition) is 5. The molecule has 78 valence electrons. The van der Waals surface area contributed by atoms with Crippen molar-refractivity contribution in [3.05, 3.63) is 6.33 Å². The van der Waals surface area contributed by atoms with Crippen LogP contribution in [0.15, 0.2) is 6.33 Å². The van der Waals surface area contributed by atoms with E-state index < -0.39 is 9.84 Å². The van der Waals surface area contributed by atoms with Gasteiger partial charge in [0.2, 0.25) is 5.95 Å². The first kappa shape index (κ1) is 9.45. The standard InChI is InChI=1S/C7H12N4O2S/c8-7-9-5-11(10-7)6-1-3-14(12,13)4-2-6/h5-6H,1-4H2,(H2,8,10). The van der Waals surface area contributed by atoms with Crippen molar-refractivity contribution in [2.24, 2.45) is 0 Å².